The summed E-state index contributed by atoms with van der Waals surface area (Å²) in [6.07, 6.45) is -4.66. The smallest absolute Gasteiger partial charge is 0.310 e. The van der Waals surface area contributed by atoms with Crippen LogP contribution in [0, 0.1) is 27.3 Å². The van der Waals surface area contributed by atoms with Gasteiger partial charge in [-0.25, -0.2) is 4.85 Å². The second kappa shape index (κ2) is 15.3. The molecular formula is C59H40F3N3. The van der Waals surface area contributed by atoms with Gasteiger partial charge in [-0.2, -0.15) is 13.2 Å². The fourth-order valence-electron chi connectivity index (χ4n) is 10.00. The number of alkyl halides is 3. The number of hydrogen-bond acceptors (Lipinski definition) is 0. The Hall–Kier alpha value is -8.14. The third-order valence-electron chi connectivity index (χ3n) is 12.8. The van der Waals surface area contributed by atoms with Crippen LogP contribution in [0.25, 0.3) is 104 Å². The molecule has 0 fully saturated rings. The average molecular weight is 848 g/mol. The largest absolute Gasteiger partial charge is 0.417 e. The third kappa shape index (κ3) is 6.50. The minimum absolute atomic E-state index is 0.0788. The van der Waals surface area contributed by atoms with Gasteiger partial charge in [0.2, 0.25) is 0 Å². The number of halogens is 3. The van der Waals surface area contributed by atoms with Gasteiger partial charge in [0.05, 0.1) is 39.9 Å². The molecule has 65 heavy (non-hydrogen) atoms. The standard InChI is InChI=1S/C59H40F3N3/c1-36-14-9-17-39(32-36)41-28-30-52-46(34-41)43-19-5-7-24-50(43)64(52)54-26-12-21-45(56-38(3)16-11-22-48(56)59(60,61)62)57(54)58-49(63-4)23-13-27-55(58)65-51-25-8-6-20-44(51)47-35-42(29-31-53(47)65)40-18-10-15-37(2)33-40/h5-35H,1-3H3. The van der Waals surface area contributed by atoms with Gasteiger partial charge in [0.1, 0.15) is 0 Å². The summed E-state index contributed by atoms with van der Waals surface area (Å²) >= 11 is 0. The molecule has 2 aromatic heterocycles. The monoisotopic (exact) mass is 847 g/mol. The van der Waals surface area contributed by atoms with E-state index in [0.29, 0.717) is 39.3 Å². The highest BCUT2D eigenvalue weighted by Crippen LogP contribution is 2.51. The van der Waals surface area contributed by atoms with Crippen LogP contribution < -0.4 is 0 Å². The van der Waals surface area contributed by atoms with Gasteiger partial charge in [-0.05, 0) is 114 Å². The summed E-state index contributed by atoms with van der Waals surface area (Å²) in [6.45, 7) is 14.6. The normalized spacial score (nSPS) is 11.8. The van der Waals surface area contributed by atoms with Gasteiger partial charge < -0.3 is 9.13 Å². The number of aromatic nitrogens is 2. The summed E-state index contributed by atoms with van der Waals surface area (Å²) in [5.41, 5.74) is 13.2. The number of hydrogen-bond donors (Lipinski definition) is 0. The lowest BCUT2D eigenvalue weighted by atomic mass is 9.86. The van der Waals surface area contributed by atoms with Gasteiger partial charge in [-0.3, -0.25) is 0 Å². The van der Waals surface area contributed by atoms with E-state index in [9.17, 15) is 0 Å². The summed E-state index contributed by atoms with van der Waals surface area (Å²) in [7, 11) is 0. The van der Waals surface area contributed by atoms with E-state index in [1.165, 1.54) is 6.07 Å². The van der Waals surface area contributed by atoms with Crippen LogP contribution in [0.2, 0.25) is 0 Å². The van der Waals surface area contributed by atoms with E-state index in [0.717, 1.165) is 83.1 Å². The molecule has 0 saturated carbocycles. The Morgan fingerprint density at radius 1 is 0.415 bits per heavy atom. The molecule has 11 rings (SSSR count). The van der Waals surface area contributed by atoms with Crippen LogP contribution in [0.5, 0.6) is 0 Å². The number of rotatable bonds is 6. The molecule has 312 valence electrons. The minimum Gasteiger partial charge on any atom is -0.310 e. The molecule has 0 N–H and O–H groups in total. The summed E-state index contributed by atoms with van der Waals surface area (Å²) in [4.78, 5) is 4.17. The molecule has 9 aromatic carbocycles. The summed E-state index contributed by atoms with van der Waals surface area (Å²) < 4.78 is 50.4. The maximum absolute atomic E-state index is 15.4. The van der Waals surface area contributed by atoms with E-state index in [2.05, 4.69) is 137 Å². The van der Waals surface area contributed by atoms with Crippen molar-refractivity contribution in [2.24, 2.45) is 0 Å². The summed E-state index contributed by atoms with van der Waals surface area (Å²) in [5, 5.41) is 4.06. The predicted molar refractivity (Wildman–Crippen MR) is 262 cm³/mol. The minimum atomic E-state index is -4.66. The maximum Gasteiger partial charge on any atom is 0.417 e. The molecule has 0 aliphatic heterocycles. The van der Waals surface area contributed by atoms with Crippen molar-refractivity contribution in [3.63, 3.8) is 0 Å². The molecule has 0 spiro atoms. The van der Waals surface area contributed by atoms with Crippen LogP contribution in [0.4, 0.5) is 18.9 Å². The molecule has 11 aromatic rings. The number of fused-ring (bicyclic) bond motifs is 6. The van der Waals surface area contributed by atoms with E-state index >= 15 is 13.2 Å². The number of para-hydroxylation sites is 2. The Morgan fingerprint density at radius 3 is 1.43 bits per heavy atom. The van der Waals surface area contributed by atoms with Gasteiger partial charge >= 0.3 is 6.18 Å². The molecule has 0 atom stereocenters. The molecule has 0 aliphatic rings. The fraction of sp³-hybridized carbons (Fsp3) is 0.0678. The van der Waals surface area contributed by atoms with Crippen LogP contribution in [0.3, 0.4) is 0 Å². The van der Waals surface area contributed by atoms with Crippen molar-refractivity contribution in [3.8, 4) is 55.9 Å². The van der Waals surface area contributed by atoms with E-state index in [1.807, 2.05) is 48.5 Å². The number of nitrogens with zero attached hydrogens (tertiary/aromatic N) is 3. The second-order valence-corrected chi connectivity index (χ2v) is 16.9. The first-order valence-corrected chi connectivity index (χ1v) is 21.6. The van der Waals surface area contributed by atoms with Crippen molar-refractivity contribution in [3.05, 3.63) is 222 Å². The number of benzene rings is 9. The Bertz CT molecular complexity index is 3760. The molecule has 0 aliphatic carbocycles. The maximum atomic E-state index is 15.4. The fourth-order valence-corrected chi connectivity index (χ4v) is 10.00. The lowest BCUT2D eigenvalue weighted by Gasteiger charge is -2.25. The first-order valence-electron chi connectivity index (χ1n) is 21.6. The Kier molecular flexibility index (Phi) is 9.34. The van der Waals surface area contributed by atoms with Crippen LogP contribution in [0.15, 0.2) is 188 Å². The Morgan fingerprint density at radius 2 is 0.892 bits per heavy atom. The van der Waals surface area contributed by atoms with Crippen molar-refractivity contribution in [2.45, 2.75) is 26.9 Å². The van der Waals surface area contributed by atoms with Crippen molar-refractivity contribution < 1.29 is 13.2 Å². The van der Waals surface area contributed by atoms with Crippen molar-refractivity contribution >= 4 is 49.3 Å². The second-order valence-electron chi connectivity index (χ2n) is 16.9. The molecule has 2 heterocycles. The lowest BCUT2D eigenvalue weighted by molar-refractivity contribution is -0.137. The summed E-state index contributed by atoms with van der Waals surface area (Å²) in [5.74, 6) is 0. The SMILES string of the molecule is [C-]#[N+]c1cccc(-n2c3ccccc3c3cc(-c4cccc(C)c4)ccc32)c1-c1c(-c2c(C)cccc2C(F)(F)F)cccc1-n1c2ccccc2c2cc(-c3cccc(C)c3)ccc21. The molecule has 0 amide bonds. The topological polar surface area (TPSA) is 14.2 Å². The van der Waals surface area contributed by atoms with Gasteiger partial charge in [-0.1, -0.05) is 145 Å². The van der Waals surface area contributed by atoms with Crippen LogP contribution in [-0.2, 0) is 6.18 Å². The van der Waals surface area contributed by atoms with Gasteiger partial charge in [0, 0.05) is 38.4 Å². The van der Waals surface area contributed by atoms with E-state index in [1.54, 1.807) is 25.1 Å². The molecular weight excluding hydrogens is 808 g/mol. The molecule has 6 heteroatoms. The first kappa shape index (κ1) is 39.7. The highest BCUT2D eigenvalue weighted by molar-refractivity contribution is 6.14. The van der Waals surface area contributed by atoms with Crippen LogP contribution >= 0.6 is 0 Å². The molecule has 3 nitrogen and oxygen atoms in total. The van der Waals surface area contributed by atoms with Crippen molar-refractivity contribution in [1.29, 1.82) is 0 Å². The Balaban J connectivity index is 1.28. The quantitative estimate of drug-likeness (QED) is 0.148. The average Bonchev–Trinajstić information content (AvgIpc) is 3.83. The zero-order chi connectivity index (χ0) is 44.6. The van der Waals surface area contributed by atoms with E-state index in [-0.39, 0.29) is 5.56 Å². The lowest BCUT2D eigenvalue weighted by Crippen LogP contribution is -2.10. The van der Waals surface area contributed by atoms with E-state index in [4.69, 9.17) is 6.57 Å². The highest BCUT2D eigenvalue weighted by Gasteiger charge is 2.36. The van der Waals surface area contributed by atoms with Crippen molar-refractivity contribution in [2.75, 3.05) is 0 Å². The van der Waals surface area contributed by atoms with Crippen LogP contribution in [0.1, 0.15) is 22.3 Å². The molecule has 0 saturated heterocycles. The molecule has 0 bridgehead atoms. The Labute approximate surface area is 374 Å². The number of aryl methyl sites for hydroxylation is 3. The van der Waals surface area contributed by atoms with Crippen molar-refractivity contribution in [1.82, 2.24) is 9.13 Å². The van der Waals surface area contributed by atoms with Gasteiger partial charge in [0.25, 0.3) is 0 Å². The molecule has 0 radical (unpaired) electrons. The molecule has 0 unspecified atom stereocenters. The van der Waals surface area contributed by atoms with Gasteiger partial charge in [-0.15, -0.1) is 0 Å². The summed E-state index contributed by atoms with van der Waals surface area (Å²) in [6, 6.07) is 61.7. The van der Waals surface area contributed by atoms with Gasteiger partial charge in [0.15, 0.2) is 5.69 Å². The van der Waals surface area contributed by atoms with Crippen LogP contribution in [-0.4, -0.2) is 9.13 Å². The zero-order valence-corrected chi connectivity index (χ0v) is 35.9. The van der Waals surface area contributed by atoms with E-state index < -0.39 is 11.7 Å². The highest BCUT2D eigenvalue weighted by atomic mass is 19.4. The zero-order valence-electron chi connectivity index (χ0n) is 35.9. The third-order valence-corrected chi connectivity index (χ3v) is 12.8. The first-order chi connectivity index (χ1) is 31.6. The predicted octanol–water partition coefficient (Wildman–Crippen LogP) is 17.0.